The molecule has 19 heavy (non-hydrogen) atoms. The number of nitrogens with one attached hydrogen (secondary N) is 1. The summed E-state index contributed by atoms with van der Waals surface area (Å²) in [4.78, 5) is 0. The highest BCUT2D eigenvalue weighted by atomic mass is 35.5. The molecule has 0 radical (unpaired) electrons. The molecule has 1 rings (SSSR count). The monoisotopic (exact) mass is 291 g/mol. The van der Waals surface area contributed by atoms with Gasteiger partial charge in [-0.3, -0.25) is 0 Å². The van der Waals surface area contributed by atoms with Gasteiger partial charge >= 0.3 is 6.61 Å². The van der Waals surface area contributed by atoms with Crippen molar-refractivity contribution in [2.24, 2.45) is 11.8 Å². The number of rotatable bonds is 7. The first-order chi connectivity index (χ1) is 8.90. The van der Waals surface area contributed by atoms with Crippen molar-refractivity contribution in [1.82, 2.24) is 5.32 Å². The van der Waals surface area contributed by atoms with Crippen molar-refractivity contribution >= 4 is 11.6 Å². The minimum Gasteiger partial charge on any atom is -0.434 e. The second-order valence-corrected chi connectivity index (χ2v) is 5.42. The lowest BCUT2D eigenvalue weighted by Gasteiger charge is -2.17. The van der Waals surface area contributed by atoms with Crippen LogP contribution >= 0.6 is 11.6 Å². The van der Waals surface area contributed by atoms with Gasteiger partial charge in [-0.25, -0.2) is 0 Å². The molecule has 0 saturated heterocycles. The Bertz CT molecular complexity index is 399. The summed E-state index contributed by atoms with van der Waals surface area (Å²) >= 11 is 5.87. The van der Waals surface area contributed by atoms with E-state index in [0.29, 0.717) is 29.0 Å². The highest BCUT2D eigenvalue weighted by Gasteiger charge is 2.11. The van der Waals surface area contributed by atoms with Gasteiger partial charge in [0.15, 0.2) is 0 Å². The van der Waals surface area contributed by atoms with Gasteiger partial charge in [0.2, 0.25) is 0 Å². The maximum Gasteiger partial charge on any atom is 0.387 e. The summed E-state index contributed by atoms with van der Waals surface area (Å²) in [5, 5.41) is 3.75. The normalized spacial score (nSPS) is 13.1. The van der Waals surface area contributed by atoms with E-state index in [1.54, 1.807) is 12.1 Å². The molecule has 1 N–H and O–H groups in total. The molecular weight excluding hydrogens is 272 g/mol. The third-order valence-electron chi connectivity index (χ3n) is 3.16. The van der Waals surface area contributed by atoms with Crippen LogP contribution in [0, 0.1) is 11.8 Å². The van der Waals surface area contributed by atoms with E-state index in [2.05, 4.69) is 30.8 Å². The van der Waals surface area contributed by atoms with Crippen molar-refractivity contribution in [3.8, 4) is 5.75 Å². The molecule has 0 amide bonds. The summed E-state index contributed by atoms with van der Waals surface area (Å²) in [6.45, 7) is 4.90. The van der Waals surface area contributed by atoms with Crippen LogP contribution in [-0.2, 0) is 6.54 Å². The van der Waals surface area contributed by atoms with Crippen molar-refractivity contribution in [1.29, 1.82) is 0 Å². The third kappa shape index (κ3) is 5.74. The molecule has 0 spiro atoms. The van der Waals surface area contributed by atoms with Crippen molar-refractivity contribution in [2.45, 2.75) is 33.9 Å². The molecule has 1 unspecified atom stereocenters. The van der Waals surface area contributed by atoms with Gasteiger partial charge in [0, 0.05) is 17.1 Å². The first kappa shape index (κ1) is 16.2. The van der Waals surface area contributed by atoms with E-state index in [1.165, 1.54) is 6.07 Å². The van der Waals surface area contributed by atoms with Gasteiger partial charge < -0.3 is 10.1 Å². The third-order valence-corrected chi connectivity index (χ3v) is 3.39. The summed E-state index contributed by atoms with van der Waals surface area (Å²) < 4.78 is 29.0. The summed E-state index contributed by atoms with van der Waals surface area (Å²) in [7, 11) is 0. The SMILES string of the molecule is CC(C)C(C)CNCc1cc(Cl)ccc1OC(F)F. The Morgan fingerprint density at radius 3 is 2.53 bits per heavy atom. The quantitative estimate of drug-likeness (QED) is 0.807. The molecule has 5 heteroatoms. The molecule has 0 aliphatic carbocycles. The molecule has 0 aromatic heterocycles. The number of hydrogen-bond donors (Lipinski definition) is 1. The van der Waals surface area contributed by atoms with E-state index in [9.17, 15) is 8.78 Å². The molecule has 0 bridgehead atoms. The van der Waals surface area contributed by atoms with E-state index in [0.717, 1.165) is 6.54 Å². The van der Waals surface area contributed by atoms with Gasteiger partial charge in [0.25, 0.3) is 0 Å². The highest BCUT2D eigenvalue weighted by molar-refractivity contribution is 6.30. The number of benzene rings is 1. The standard InChI is InChI=1S/C14H20ClF2NO/c1-9(2)10(3)7-18-8-11-6-12(15)4-5-13(11)19-14(16)17/h4-6,9-10,14,18H,7-8H2,1-3H3. The zero-order valence-electron chi connectivity index (χ0n) is 11.4. The summed E-state index contributed by atoms with van der Waals surface area (Å²) in [5.41, 5.74) is 0.642. The molecule has 108 valence electrons. The molecule has 0 aliphatic heterocycles. The molecule has 1 aromatic rings. The van der Waals surface area contributed by atoms with Crippen molar-refractivity contribution in [2.75, 3.05) is 6.54 Å². The topological polar surface area (TPSA) is 21.3 Å². The van der Waals surface area contributed by atoms with Crippen molar-refractivity contribution in [3.05, 3.63) is 28.8 Å². The molecule has 0 saturated carbocycles. The summed E-state index contributed by atoms with van der Waals surface area (Å²) in [5.74, 6) is 1.26. The largest absolute Gasteiger partial charge is 0.434 e. The minimum atomic E-state index is -2.82. The molecular formula is C14H20ClF2NO. The molecule has 1 aromatic carbocycles. The van der Waals surface area contributed by atoms with Gasteiger partial charge in [-0.15, -0.1) is 0 Å². The van der Waals surface area contributed by atoms with E-state index >= 15 is 0 Å². The second-order valence-electron chi connectivity index (χ2n) is 4.98. The molecule has 0 heterocycles. The zero-order chi connectivity index (χ0) is 14.4. The minimum absolute atomic E-state index is 0.170. The van der Waals surface area contributed by atoms with E-state index in [4.69, 9.17) is 11.6 Å². The Hall–Kier alpha value is -0.870. The average Bonchev–Trinajstić information content (AvgIpc) is 2.31. The van der Waals surface area contributed by atoms with Crippen LogP contribution in [0.25, 0.3) is 0 Å². The van der Waals surface area contributed by atoms with Crippen LogP contribution in [0.5, 0.6) is 5.75 Å². The van der Waals surface area contributed by atoms with Crippen LogP contribution in [0.4, 0.5) is 8.78 Å². The first-order valence-electron chi connectivity index (χ1n) is 6.34. The number of ether oxygens (including phenoxy) is 1. The van der Waals surface area contributed by atoms with E-state index in [-0.39, 0.29) is 5.75 Å². The molecule has 1 atom stereocenters. The zero-order valence-corrected chi connectivity index (χ0v) is 12.2. The average molecular weight is 292 g/mol. The lowest BCUT2D eigenvalue weighted by Crippen LogP contribution is -2.24. The van der Waals surface area contributed by atoms with Crippen LogP contribution in [0.1, 0.15) is 26.3 Å². The van der Waals surface area contributed by atoms with Gasteiger partial charge in [0.05, 0.1) is 0 Å². The number of alkyl halides is 2. The predicted molar refractivity (Wildman–Crippen MR) is 73.8 cm³/mol. The molecule has 0 fully saturated rings. The fourth-order valence-corrected chi connectivity index (χ4v) is 1.76. The Morgan fingerprint density at radius 2 is 1.95 bits per heavy atom. The lowest BCUT2D eigenvalue weighted by atomic mass is 9.98. The Labute approximate surface area is 118 Å². The second kappa shape index (κ2) is 7.65. The maximum atomic E-state index is 12.3. The Morgan fingerprint density at radius 1 is 1.26 bits per heavy atom. The van der Waals surface area contributed by atoms with Gasteiger partial charge in [-0.1, -0.05) is 32.4 Å². The van der Waals surface area contributed by atoms with Crippen LogP contribution in [0.3, 0.4) is 0 Å². The smallest absolute Gasteiger partial charge is 0.387 e. The van der Waals surface area contributed by atoms with Gasteiger partial charge in [0.1, 0.15) is 5.75 Å². The fourth-order valence-electron chi connectivity index (χ4n) is 1.57. The van der Waals surface area contributed by atoms with Gasteiger partial charge in [-0.05, 0) is 36.6 Å². The van der Waals surface area contributed by atoms with Crippen LogP contribution in [-0.4, -0.2) is 13.2 Å². The predicted octanol–water partition coefficient (Wildman–Crippen LogP) is 4.32. The Balaban J connectivity index is 2.63. The van der Waals surface area contributed by atoms with Crippen LogP contribution in [0.15, 0.2) is 18.2 Å². The highest BCUT2D eigenvalue weighted by Crippen LogP contribution is 2.24. The van der Waals surface area contributed by atoms with Crippen molar-refractivity contribution < 1.29 is 13.5 Å². The maximum absolute atomic E-state index is 12.3. The lowest BCUT2D eigenvalue weighted by molar-refractivity contribution is -0.0505. The summed E-state index contributed by atoms with van der Waals surface area (Å²) in [6.07, 6.45) is 0. The molecule has 2 nitrogen and oxygen atoms in total. The van der Waals surface area contributed by atoms with Crippen molar-refractivity contribution in [3.63, 3.8) is 0 Å². The molecule has 0 aliphatic rings. The van der Waals surface area contributed by atoms with E-state index in [1.807, 2.05) is 0 Å². The summed E-state index contributed by atoms with van der Waals surface area (Å²) in [6, 6.07) is 4.66. The number of halogens is 3. The first-order valence-corrected chi connectivity index (χ1v) is 6.72. The van der Waals surface area contributed by atoms with Crippen LogP contribution < -0.4 is 10.1 Å². The van der Waals surface area contributed by atoms with E-state index < -0.39 is 6.61 Å². The van der Waals surface area contributed by atoms with Gasteiger partial charge in [-0.2, -0.15) is 8.78 Å². The van der Waals surface area contributed by atoms with Crippen LogP contribution in [0.2, 0.25) is 5.02 Å². The number of hydrogen-bond acceptors (Lipinski definition) is 2. The Kier molecular flexibility index (Phi) is 6.52. The fraction of sp³-hybridized carbons (Fsp3) is 0.571.